The van der Waals surface area contributed by atoms with Crippen molar-refractivity contribution in [2.75, 3.05) is 26.2 Å². The number of nitrogens with one attached hydrogen (secondary N) is 2. The van der Waals surface area contributed by atoms with Crippen LogP contribution < -0.4 is 10.6 Å². The molecule has 2 aliphatic heterocycles. The van der Waals surface area contributed by atoms with Crippen LogP contribution in [0.5, 0.6) is 0 Å². The summed E-state index contributed by atoms with van der Waals surface area (Å²) in [6.07, 6.45) is 3.73. The van der Waals surface area contributed by atoms with Gasteiger partial charge in [0.25, 0.3) is 0 Å². The molecule has 0 aromatic rings. The zero-order valence-electron chi connectivity index (χ0n) is 14.0. The number of carbonyl (C=O) groups excluding carboxylic acids is 2. The van der Waals surface area contributed by atoms with Crippen LogP contribution in [0.2, 0.25) is 0 Å². The summed E-state index contributed by atoms with van der Waals surface area (Å²) in [4.78, 5) is 25.9. The molecule has 126 valence electrons. The van der Waals surface area contributed by atoms with Gasteiger partial charge in [-0.25, -0.2) is 4.79 Å². The van der Waals surface area contributed by atoms with Crippen molar-refractivity contribution in [2.45, 2.75) is 58.1 Å². The summed E-state index contributed by atoms with van der Waals surface area (Å²) in [5.74, 6) is 0.401. The summed E-state index contributed by atoms with van der Waals surface area (Å²) in [5.41, 5.74) is -0.466. The highest BCUT2D eigenvalue weighted by Gasteiger charge is 2.28. The maximum absolute atomic E-state index is 12.1. The lowest BCUT2D eigenvalue weighted by Crippen LogP contribution is -2.47. The summed E-state index contributed by atoms with van der Waals surface area (Å²) in [6.45, 7) is 8.59. The van der Waals surface area contributed by atoms with Gasteiger partial charge in [-0.05, 0) is 58.9 Å². The van der Waals surface area contributed by atoms with Crippen LogP contribution in [0, 0.1) is 5.92 Å². The fraction of sp³-hybridized carbons (Fsp3) is 0.875. The lowest BCUT2D eigenvalue weighted by atomic mass is 9.98. The Hall–Kier alpha value is -1.30. The molecular weight excluding hydrogens is 282 g/mol. The number of likely N-dealkylation sites (tertiary alicyclic amines) is 1. The van der Waals surface area contributed by atoms with Crippen LogP contribution in [0.4, 0.5) is 4.79 Å². The lowest BCUT2D eigenvalue weighted by molar-refractivity contribution is -0.123. The Morgan fingerprint density at radius 1 is 1.27 bits per heavy atom. The third-order valence-electron chi connectivity index (χ3n) is 4.11. The maximum atomic E-state index is 12.1. The molecule has 2 N–H and O–H groups in total. The van der Waals surface area contributed by atoms with Gasteiger partial charge >= 0.3 is 6.09 Å². The van der Waals surface area contributed by atoms with E-state index < -0.39 is 5.60 Å². The van der Waals surface area contributed by atoms with Crippen molar-refractivity contribution in [3.63, 3.8) is 0 Å². The largest absolute Gasteiger partial charge is 0.444 e. The number of rotatable bonds is 3. The van der Waals surface area contributed by atoms with Crippen molar-refractivity contribution in [1.29, 1.82) is 0 Å². The third kappa shape index (κ3) is 5.16. The first-order chi connectivity index (χ1) is 10.3. The standard InChI is InChI=1S/C16H29N3O3/c1-16(2,3)22-15(21)19-9-5-6-12(11-19)10-18-14(20)13-7-4-8-17-13/h12-13,17H,4-11H2,1-3H3,(H,18,20)/t12-,13-/m1/s1. The molecule has 0 spiro atoms. The van der Waals surface area contributed by atoms with E-state index in [0.29, 0.717) is 19.0 Å². The van der Waals surface area contributed by atoms with Gasteiger partial charge in [0, 0.05) is 19.6 Å². The van der Waals surface area contributed by atoms with E-state index in [0.717, 1.165) is 38.8 Å². The minimum absolute atomic E-state index is 0.0365. The zero-order valence-corrected chi connectivity index (χ0v) is 14.0. The average Bonchev–Trinajstić information content (AvgIpc) is 2.97. The van der Waals surface area contributed by atoms with Gasteiger partial charge in [0.05, 0.1) is 6.04 Å². The monoisotopic (exact) mass is 311 g/mol. The number of piperidine rings is 1. The van der Waals surface area contributed by atoms with Crippen LogP contribution in [0.1, 0.15) is 46.5 Å². The summed E-state index contributed by atoms with van der Waals surface area (Å²) in [5, 5.41) is 6.22. The first-order valence-electron chi connectivity index (χ1n) is 8.34. The molecule has 2 amide bonds. The number of ether oxygens (including phenoxy) is 1. The molecule has 2 rings (SSSR count). The zero-order chi connectivity index (χ0) is 16.2. The first-order valence-corrected chi connectivity index (χ1v) is 8.34. The van der Waals surface area contributed by atoms with E-state index in [4.69, 9.17) is 4.74 Å². The molecule has 2 fully saturated rings. The van der Waals surface area contributed by atoms with E-state index in [-0.39, 0.29) is 18.0 Å². The molecule has 2 aliphatic rings. The molecule has 0 radical (unpaired) electrons. The molecule has 0 bridgehead atoms. The highest BCUT2D eigenvalue weighted by Crippen LogP contribution is 2.19. The van der Waals surface area contributed by atoms with Gasteiger partial charge in [-0.1, -0.05) is 0 Å². The third-order valence-corrected chi connectivity index (χ3v) is 4.11. The highest BCUT2D eigenvalue weighted by atomic mass is 16.6. The van der Waals surface area contributed by atoms with Gasteiger partial charge < -0.3 is 20.3 Å². The van der Waals surface area contributed by atoms with E-state index in [1.54, 1.807) is 4.90 Å². The Balaban J connectivity index is 1.75. The van der Waals surface area contributed by atoms with Crippen molar-refractivity contribution in [3.8, 4) is 0 Å². The lowest BCUT2D eigenvalue weighted by Gasteiger charge is -2.34. The summed E-state index contributed by atoms with van der Waals surface area (Å²) in [6, 6.07) is -0.0365. The van der Waals surface area contributed by atoms with Crippen molar-refractivity contribution < 1.29 is 14.3 Å². The van der Waals surface area contributed by atoms with Gasteiger partial charge in [-0.15, -0.1) is 0 Å². The molecule has 6 heteroatoms. The Morgan fingerprint density at radius 2 is 2.05 bits per heavy atom. The molecule has 0 unspecified atom stereocenters. The number of hydrogen-bond donors (Lipinski definition) is 2. The van der Waals surface area contributed by atoms with Crippen LogP contribution in [-0.2, 0) is 9.53 Å². The van der Waals surface area contributed by atoms with E-state index >= 15 is 0 Å². The number of amides is 2. The van der Waals surface area contributed by atoms with Crippen molar-refractivity contribution in [2.24, 2.45) is 5.92 Å². The molecule has 0 saturated carbocycles. The second kappa shape index (κ2) is 7.31. The van der Waals surface area contributed by atoms with Gasteiger partial charge in [0.2, 0.25) is 5.91 Å². The second-order valence-corrected chi connectivity index (χ2v) is 7.33. The minimum atomic E-state index is -0.466. The molecule has 2 atom stereocenters. The Labute approximate surface area is 132 Å². The first kappa shape index (κ1) is 17.1. The Morgan fingerprint density at radius 3 is 2.68 bits per heavy atom. The minimum Gasteiger partial charge on any atom is -0.444 e. The van der Waals surface area contributed by atoms with Crippen LogP contribution in [0.15, 0.2) is 0 Å². The topological polar surface area (TPSA) is 70.7 Å². The van der Waals surface area contributed by atoms with Crippen molar-refractivity contribution in [3.05, 3.63) is 0 Å². The van der Waals surface area contributed by atoms with Crippen molar-refractivity contribution in [1.82, 2.24) is 15.5 Å². The summed E-state index contributed by atoms with van der Waals surface area (Å²) < 4.78 is 5.42. The van der Waals surface area contributed by atoms with E-state index in [1.165, 1.54) is 0 Å². The predicted octanol–water partition coefficient (Wildman–Crippen LogP) is 1.50. The molecule has 6 nitrogen and oxygen atoms in total. The fourth-order valence-electron chi connectivity index (χ4n) is 3.00. The molecule has 2 saturated heterocycles. The smallest absolute Gasteiger partial charge is 0.410 e. The Bertz CT molecular complexity index is 400. The van der Waals surface area contributed by atoms with Gasteiger partial charge in [-0.3, -0.25) is 4.79 Å². The molecule has 0 aromatic heterocycles. The van der Waals surface area contributed by atoms with Crippen LogP contribution >= 0.6 is 0 Å². The number of hydrogen-bond acceptors (Lipinski definition) is 4. The van der Waals surface area contributed by atoms with Gasteiger partial charge in [0.15, 0.2) is 0 Å². The molecule has 2 heterocycles. The van der Waals surface area contributed by atoms with E-state index in [2.05, 4.69) is 10.6 Å². The molecule has 0 aromatic carbocycles. The maximum Gasteiger partial charge on any atom is 0.410 e. The highest BCUT2D eigenvalue weighted by molar-refractivity contribution is 5.82. The van der Waals surface area contributed by atoms with Crippen LogP contribution in [0.25, 0.3) is 0 Å². The predicted molar refractivity (Wildman–Crippen MR) is 84.6 cm³/mol. The van der Waals surface area contributed by atoms with Crippen LogP contribution in [0.3, 0.4) is 0 Å². The normalized spacial score (nSPS) is 25.9. The summed E-state index contributed by atoms with van der Waals surface area (Å²) >= 11 is 0. The van der Waals surface area contributed by atoms with E-state index in [1.807, 2.05) is 20.8 Å². The Kier molecular flexibility index (Phi) is 5.67. The molecular formula is C16H29N3O3. The molecule has 0 aliphatic carbocycles. The quantitative estimate of drug-likeness (QED) is 0.829. The average molecular weight is 311 g/mol. The van der Waals surface area contributed by atoms with Gasteiger partial charge in [0.1, 0.15) is 5.60 Å². The van der Waals surface area contributed by atoms with Crippen molar-refractivity contribution >= 4 is 12.0 Å². The molecule has 22 heavy (non-hydrogen) atoms. The van der Waals surface area contributed by atoms with Gasteiger partial charge in [-0.2, -0.15) is 0 Å². The SMILES string of the molecule is CC(C)(C)OC(=O)N1CCC[C@H](CNC(=O)[C@H]2CCCN2)C1. The second-order valence-electron chi connectivity index (χ2n) is 7.33. The van der Waals surface area contributed by atoms with Crippen LogP contribution in [-0.4, -0.2) is 54.7 Å². The van der Waals surface area contributed by atoms with E-state index in [9.17, 15) is 9.59 Å². The number of nitrogens with zero attached hydrogens (tertiary/aromatic N) is 1. The fourth-order valence-corrected chi connectivity index (χ4v) is 3.00. The number of carbonyl (C=O) groups is 2. The summed E-state index contributed by atoms with van der Waals surface area (Å²) in [7, 11) is 0.